The molecule has 0 amide bonds. The van der Waals surface area contributed by atoms with Crippen molar-refractivity contribution in [2.45, 2.75) is 56.9 Å². The highest BCUT2D eigenvalue weighted by atomic mass is 16.6. The number of ether oxygens (including phenoxy) is 1. The molecular formula is C13H22N2O3. The Balaban J connectivity index is 1.87. The van der Waals surface area contributed by atoms with E-state index in [9.17, 15) is 9.59 Å². The van der Waals surface area contributed by atoms with Gasteiger partial charge in [0.2, 0.25) is 0 Å². The number of nitrogens with two attached hydrogens (primary N) is 2. The Hall–Kier alpha value is -0.940. The van der Waals surface area contributed by atoms with Crippen LogP contribution in [0.4, 0.5) is 0 Å². The fourth-order valence-electron chi connectivity index (χ4n) is 2.64. The predicted octanol–water partition coefficient (Wildman–Crippen LogP) is 0.847. The number of hydrogen-bond acceptors (Lipinski definition) is 5. The molecule has 0 unspecified atom stereocenters. The molecule has 2 saturated carbocycles. The molecule has 102 valence electrons. The van der Waals surface area contributed by atoms with Gasteiger partial charge < -0.3 is 16.2 Å². The van der Waals surface area contributed by atoms with Gasteiger partial charge in [0.15, 0.2) is 0 Å². The van der Waals surface area contributed by atoms with E-state index in [1.165, 1.54) is 6.42 Å². The van der Waals surface area contributed by atoms with Crippen molar-refractivity contribution in [1.29, 1.82) is 0 Å². The summed E-state index contributed by atoms with van der Waals surface area (Å²) in [5.41, 5.74) is 10.4. The van der Waals surface area contributed by atoms with Gasteiger partial charge in [0.05, 0.1) is 6.42 Å². The van der Waals surface area contributed by atoms with E-state index < -0.39 is 17.5 Å². The molecule has 0 aromatic carbocycles. The largest absolute Gasteiger partial charge is 0.392 e. The lowest BCUT2D eigenvalue weighted by Crippen LogP contribution is -2.39. The molecule has 0 aromatic heterocycles. The molecule has 0 aromatic rings. The maximum Gasteiger partial charge on any atom is 0.333 e. The minimum atomic E-state index is -0.891. The van der Waals surface area contributed by atoms with E-state index in [0.717, 1.165) is 25.7 Å². The van der Waals surface area contributed by atoms with Crippen LogP contribution in [0.15, 0.2) is 0 Å². The standard InChI is InChI=1S/C13H22N2O3/c14-9-12(4-2-1-3-5-12)8-10(16)18-11(17)13(15)6-7-13/h1-9,14-15H2. The summed E-state index contributed by atoms with van der Waals surface area (Å²) < 4.78 is 4.85. The summed E-state index contributed by atoms with van der Waals surface area (Å²) in [6, 6.07) is 0. The van der Waals surface area contributed by atoms with Crippen LogP contribution in [0.2, 0.25) is 0 Å². The van der Waals surface area contributed by atoms with Crippen molar-refractivity contribution in [3.8, 4) is 0 Å². The fourth-order valence-corrected chi connectivity index (χ4v) is 2.64. The Morgan fingerprint density at radius 2 is 1.67 bits per heavy atom. The Bertz CT molecular complexity index is 344. The highest BCUT2D eigenvalue weighted by Gasteiger charge is 2.49. The maximum atomic E-state index is 11.8. The molecular weight excluding hydrogens is 232 g/mol. The third-order valence-electron chi connectivity index (χ3n) is 4.27. The monoisotopic (exact) mass is 254 g/mol. The first-order chi connectivity index (χ1) is 8.50. The molecule has 2 aliphatic rings. The van der Waals surface area contributed by atoms with Gasteiger partial charge in [-0.15, -0.1) is 0 Å². The van der Waals surface area contributed by atoms with Crippen LogP contribution in [-0.4, -0.2) is 24.0 Å². The molecule has 0 radical (unpaired) electrons. The number of rotatable bonds is 4. The Morgan fingerprint density at radius 3 is 2.17 bits per heavy atom. The van der Waals surface area contributed by atoms with E-state index in [2.05, 4.69) is 0 Å². The summed E-state index contributed by atoms with van der Waals surface area (Å²) in [5.74, 6) is -1.04. The second-order valence-electron chi connectivity index (χ2n) is 5.86. The van der Waals surface area contributed by atoms with Crippen molar-refractivity contribution < 1.29 is 14.3 Å². The van der Waals surface area contributed by atoms with Crippen LogP contribution in [0.25, 0.3) is 0 Å². The van der Waals surface area contributed by atoms with Crippen LogP contribution in [0.3, 0.4) is 0 Å². The van der Waals surface area contributed by atoms with Crippen molar-refractivity contribution in [3.63, 3.8) is 0 Å². The van der Waals surface area contributed by atoms with E-state index in [4.69, 9.17) is 16.2 Å². The van der Waals surface area contributed by atoms with Crippen molar-refractivity contribution in [3.05, 3.63) is 0 Å². The second kappa shape index (κ2) is 4.97. The first-order valence-electron chi connectivity index (χ1n) is 6.74. The van der Waals surface area contributed by atoms with Gasteiger partial charge in [-0.05, 0) is 37.6 Å². The van der Waals surface area contributed by atoms with Gasteiger partial charge >= 0.3 is 11.9 Å². The van der Waals surface area contributed by atoms with Crippen LogP contribution in [0.1, 0.15) is 51.4 Å². The predicted molar refractivity (Wildman–Crippen MR) is 66.4 cm³/mol. The Kier molecular flexibility index (Phi) is 3.73. The number of hydrogen-bond donors (Lipinski definition) is 2. The molecule has 0 heterocycles. The molecule has 2 fully saturated rings. The molecule has 2 rings (SSSR count). The molecule has 2 aliphatic carbocycles. The van der Waals surface area contributed by atoms with Crippen molar-refractivity contribution in [1.82, 2.24) is 0 Å². The Labute approximate surface area is 107 Å². The third kappa shape index (κ3) is 2.90. The topological polar surface area (TPSA) is 95.4 Å². The molecule has 5 nitrogen and oxygen atoms in total. The van der Waals surface area contributed by atoms with Crippen LogP contribution in [0.5, 0.6) is 0 Å². The summed E-state index contributed by atoms with van der Waals surface area (Å²) in [6.07, 6.45) is 6.74. The van der Waals surface area contributed by atoms with E-state index in [0.29, 0.717) is 19.4 Å². The van der Waals surface area contributed by atoms with Crippen LogP contribution >= 0.6 is 0 Å². The zero-order valence-electron chi connectivity index (χ0n) is 10.7. The number of carbonyl (C=O) groups is 2. The summed E-state index contributed by atoms with van der Waals surface area (Å²) >= 11 is 0. The summed E-state index contributed by atoms with van der Waals surface area (Å²) in [4.78, 5) is 23.4. The van der Waals surface area contributed by atoms with Gasteiger partial charge in [0.1, 0.15) is 5.54 Å². The van der Waals surface area contributed by atoms with Crippen LogP contribution < -0.4 is 11.5 Å². The summed E-state index contributed by atoms with van der Waals surface area (Å²) in [6.45, 7) is 0.476. The molecule has 0 saturated heterocycles. The molecule has 0 aliphatic heterocycles. The Morgan fingerprint density at radius 1 is 1.06 bits per heavy atom. The van der Waals surface area contributed by atoms with Gasteiger partial charge in [-0.3, -0.25) is 4.79 Å². The average molecular weight is 254 g/mol. The fraction of sp³-hybridized carbons (Fsp3) is 0.846. The van der Waals surface area contributed by atoms with Crippen molar-refractivity contribution in [2.75, 3.05) is 6.54 Å². The molecule has 4 N–H and O–H groups in total. The maximum absolute atomic E-state index is 11.8. The van der Waals surface area contributed by atoms with Gasteiger partial charge in [0.25, 0.3) is 0 Å². The van der Waals surface area contributed by atoms with E-state index >= 15 is 0 Å². The van der Waals surface area contributed by atoms with Crippen LogP contribution in [0, 0.1) is 5.41 Å². The van der Waals surface area contributed by atoms with E-state index in [1.54, 1.807) is 0 Å². The van der Waals surface area contributed by atoms with Gasteiger partial charge in [0, 0.05) is 0 Å². The minimum Gasteiger partial charge on any atom is -0.392 e. The highest BCUT2D eigenvalue weighted by Crippen LogP contribution is 2.39. The molecule has 18 heavy (non-hydrogen) atoms. The third-order valence-corrected chi connectivity index (χ3v) is 4.27. The van der Waals surface area contributed by atoms with Crippen molar-refractivity contribution >= 4 is 11.9 Å². The zero-order chi connectivity index (χ0) is 13.2. The lowest BCUT2D eigenvalue weighted by atomic mass is 9.72. The van der Waals surface area contributed by atoms with Gasteiger partial charge in [-0.2, -0.15) is 0 Å². The summed E-state index contributed by atoms with van der Waals surface area (Å²) in [5, 5.41) is 0. The zero-order valence-corrected chi connectivity index (χ0v) is 10.7. The van der Waals surface area contributed by atoms with Crippen LogP contribution in [-0.2, 0) is 14.3 Å². The quantitative estimate of drug-likeness (QED) is 0.572. The smallest absolute Gasteiger partial charge is 0.333 e. The molecule has 0 spiro atoms. The first kappa shape index (κ1) is 13.5. The van der Waals surface area contributed by atoms with E-state index in [1.807, 2.05) is 0 Å². The van der Waals surface area contributed by atoms with Crippen molar-refractivity contribution in [2.24, 2.45) is 16.9 Å². The number of carbonyl (C=O) groups excluding carboxylic acids is 2. The molecule has 0 bridgehead atoms. The molecule has 5 heteroatoms. The SMILES string of the molecule is NCC1(CC(=O)OC(=O)C2(N)CC2)CCCCC1. The van der Waals surface area contributed by atoms with Gasteiger partial charge in [-0.1, -0.05) is 19.3 Å². The van der Waals surface area contributed by atoms with Gasteiger partial charge in [-0.25, -0.2) is 4.79 Å². The first-order valence-corrected chi connectivity index (χ1v) is 6.74. The molecule has 0 atom stereocenters. The van der Waals surface area contributed by atoms with E-state index in [-0.39, 0.29) is 11.8 Å². The highest BCUT2D eigenvalue weighted by molar-refractivity contribution is 5.93. The normalized spacial score (nSPS) is 24.3. The lowest BCUT2D eigenvalue weighted by Gasteiger charge is -2.35. The lowest BCUT2D eigenvalue weighted by molar-refractivity contribution is -0.163. The summed E-state index contributed by atoms with van der Waals surface area (Å²) in [7, 11) is 0. The second-order valence-corrected chi connectivity index (χ2v) is 5.86. The minimum absolute atomic E-state index is 0.166. The number of esters is 2. The average Bonchev–Trinajstić information content (AvgIpc) is 3.10.